The van der Waals surface area contributed by atoms with Crippen LogP contribution in [0.3, 0.4) is 0 Å². The summed E-state index contributed by atoms with van der Waals surface area (Å²) in [5, 5.41) is 27.7. The van der Waals surface area contributed by atoms with Crippen LogP contribution in [-0.2, 0) is 12.0 Å². The predicted molar refractivity (Wildman–Crippen MR) is 154 cm³/mol. The van der Waals surface area contributed by atoms with Crippen molar-refractivity contribution in [2.75, 3.05) is 0 Å². The van der Waals surface area contributed by atoms with Gasteiger partial charge >= 0.3 is 5.69 Å². The second-order valence-corrected chi connectivity index (χ2v) is 11.4. The minimum absolute atomic E-state index is 0.111. The molecule has 1 heterocycles. The zero-order valence-electron chi connectivity index (χ0n) is 20.9. The highest BCUT2D eigenvalue weighted by Gasteiger charge is 2.24. The second kappa shape index (κ2) is 11.0. The number of hydrogen-bond acceptors (Lipinski definition) is 8. The van der Waals surface area contributed by atoms with Gasteiger partial charge < -0.3 is 4.74 Å². The summed E-state index contributed by atoms with van der Waals surface area (Å²) in [6, 6.07) is 13.8. The van der Waals surface area contributed by atoms with Crippen molar-refractivity contribution in [3.8, 4) is 5.75 Å². The van der Waals surface area contributed by atoms with Crippen LogP contribution in [-0.4, -0.2) is 25.7 Å². The van der Waals surface area contributed by atoms with Crippen molar-refractivity contribution in [3.63, 3.8) is 0 Å². The number of rotatable bonds is 7. The second-order valence-electron chi connectivity index (χ2n) is 9.52. The third-order valence-electron chi connectivity index (χ3n) is 5.56. The number of non-ortho nitro benzene ring substituents is 1. The van der Waals surface area contributed by atoms with Crippen LogP contribution in [0.25, 0.3) is 10.9 Å². The van der Waals surface area contributed by atoms with Crippen LogP contribution in [0.15, 0.2) is 73.4 Å². The maximum absolute atomic E-state index is 13.5. The largest absolute Gasteiger partial charge is 0.481 e. The van der Waals surface area contributed by atoms with Crippen molar-refractivity contribution in [2.45, 2.75) is 32.8 Å². The normalized spacial score (nSPS) is 11.7. The third kappa shape index (κ3) is 6.20. The van der Waals surface area contributed by atoms with Crippen molar-refractivity contribution in [3.05, 3.63) is 111 Å². The first-order valence-corrected chi connectivity index (χ1v) is 13.0. The molecule has 0 saturated heterocycles. The van der Waals surface area contributed by atoms with Crippen LogP contribution in [0.2, 0.25) is 0 Å². The molecular weight excluding hydrogens is 638 g/mol. The molecule has 0 N–H and O–H groups in total. The lowest BCUT2D eigenvalue weighted by molar-refractivity contribution is -0.386. The lowest BCUT2D eigenvalue weighted by atomic mass is 9.95. The summed E-state index contributed by atoms with van der Waals surface area (Å²) in [6.45, 7) is 5.50. The topological polar surface area (TPSA) is 143 Å². The lowest BCUT2D eigenvalue weighted by Gasteiger charge is -2.21. The monoisotopic (exact) mass is 657 g/mol. The fourth-order valence-electron chi connectivity index (χ4n) is 3.77. The molecule has 11 nitrogen and oxygen atoms in total. The molecule has 0 bridgehead atoms. The number of nitro benzene ring substituents is 2. The van der Waals surface area contributed by atoms with Gasteiger partial charge in [-0.3, -0.25) is 25.0 Å². The van der Waals surface area contributed by atoms with Gasteiger partial charge in [0, 0.05) is 38.1 Å². The summed E-state index contributed by atoms with van der Waals surface area (Å²) in [6.07, 6.45) is 1.29. The van der Waals surface area contributed by atoms with Gasteiger partial charge in [0.1, 0.15) is 12.4 Å². The highest BCUT2D eigenvalue weighted by Crippen LogP contribution is 2.35. The Morgan fingerprint density at radius 3 is 2.44 bits per heavy atom. The minimum atomic E-state index is -0.604. The first-order chi connectivity index (χ1) is 18.3. The quantitative estimate of drug-likeness (QED) is 0.125. The van der Waals surface area contributed by atoms with E-state index >= 15 is 0 Å². The molecule has 4 aromatic rings. The molecule has 0 aliphatic carbocycles. The van der Waals surface area contributed by atoms with Crippen LogP contribution in [0.1, 0.15) is 37.7 Å². The van der Waals surface area contributed by atoms with Crippen LogP contribution >= 0.6 is 31.9 Å². The fraction of sp³-hybridized carbons (Fsp3) is 0.192. The lowest BCUT2D eigenvalue weighted by Crippen LogP contribution is -2.29. The van der Waals surface area contributed by atoms with E-state index in [0.29, 0.717) is 31.2 Å². The standard InChI is InChI=1S/C26H21Br2N5O6/c1-26(2,3)25-30-21-8-7-17(27)11-20(21)24(34)31(25)29-13-16-10-18(28)12-22(33(37)38)23(16)39-14-15-5-4-6-19(9-15)32(35)36/h4-13H,14H2,1-3H3. The van der Waals surface area contributed by atoms with Crippen LogP contribution < -0.4 is 10.3 Å². The molecule has 0 unspecified atom stereocenters. The smallest absolute Gasteiger partial charge is 0.312 e. The van der Waals surface area contributed by atoms with Gasteiger partial charge in [0.05, 0.1) is 27.0 Å². The van der Waals surface area contributed by atoms with Crippen molar-refractivity contribution in [1.29, 1.82) is 0 Å². The molecule has 0 aliphatic heterocycles. The fourth-order valence-corrected chi connectivity index (χ4v) is 4.59. The van der Waals surface area contributed by atoms with Crippen LogP contribution in [0.4, 0.5) is 11.4 Å². The van der Waals surface area contributed by atoms with Gasteiger partial charge in [0.2, 0.25) is 5.75 Å². The Bertz CT molecular complexity index is 1710. The highest BCUT2D eigenvalue weighted by atomic mass is 79.9. The van der Waals surface area contributed by atoms with Gasteiger partial charge in [-0.25, -0.2) is 4.98 Å². The van der Waals surface area contributed by atoms with Gasteiger partial charge in [0.15, 0.2) is 0 Å². The van der Waals surface area contributed by atoms with Gasteiger partial charge in [0.25, 0.3) is 11.2 Å². The van der Waals surface area contributed by atoms with E-state index in [1.54, 1.807) is 30.3 Å². The van der Waals surface area contributed by atoms with E-state index in [1.165, 1.54) is 35.2 Å². The van der Waals surface area contributed by atoms with Crippen molar-refractivity contribution in [2.24, 2.45) is 5.10 Å². The molecule has 200 valence electrons. The Hall–Kier alpha value is -3.97. The number of hydrogen-bond donors (Lipinski definition) is 0. The molecule has 0 aliphatic rings. The number of ether oxygens (including phenoxy) is 1. The number of nitro groups is 2. The Kier molecular flexibility index (Phi) is 7.93. The molecule has 39 heavy (non-hydrogen) atoms. The molecule has 13 heteroatoms. The molecule has 0 saturated carbocycles. The molecule has 0 atom stereocenters. The Morgan fingerprint density at radius 2 is 1.77 bits per heavy atom. The SMILES string of the molecule is CC(C)(C)c1nc2ccc(Br)cc2c(=O)n1N=Cc1cc(Br)cc([N+](=O)[O-])c1OCc1cccc([N+](=O)[O-])c1. The predicted octanol–water partition coefficient (Wildman–Crippen LogP) is 6.50. The maximum Gasteiger partial charge on any atom is 0.312 e. The Balaban J connectivity index is 1.84. The van der Waals surface area contributed by atoms with E-state index < -0.39 is 20.8 Å². The Morgan fingerprint density at radius 1 is 1.03 bits per heavy atom. The van der Waals surface area contributed by atoms with Gasteiger partial charge in [-0.15, -0.1) is 0 Å². The molecular formula is C26H21Br2N5O6. The number of halogens is 2. The molecule has 3 aromatic carbocycles. The van der Waals surface area contributed by atoms with E-state index in [2.05, 4.69) is 41.9 Å². The molecule has 0 radical (unpaired) electrons. The number of nitrogens with zero attached hydrogens (tertiary/aromatic N) is 5. The average molecular weight is 659 g/mol. The summed E-state index contributed by atoms with van der Waals surface area (Å²) < 4.78 is 8.09. The van der Waals surface area contributed by atoms with Gasteiger partial charge in [-0.2, -0.15) is 9.78 Å². The van der Waals surface area contributed by atoms with E-state index in [4.69, 9.17) is 4.74 Å². The van der Waals surface area contributed by atoms with Crippen molar-refractivity contribution >= 4 is 60.4 Å². The summed E-state index contributed by atoms with van der Waals surface area (Å²) >= 11 is 6.66. The molecule has 0 spiro atoms. The maximum atomic E-state index is 13.5. The number of fused-ring (bicyclic) bond motifs is 1. The van der Waals surface area contributed by atoms with Gasteiger partial charge in [-0.1, -0.05) is 64.8 Å². The van der Waals surface area contributed by atoms with Gasteiger partial charge in [-0.05, 0) is 29.8 Å². The first-order valence-electron chi connectivity index (χ1n) is 11.5. The van der Waals surface area contributed by atoms with Crippen molar-refractivity contribution < 1.29 is 14.6 Å². The molecule has 0 amide bonds. The van der Waals surface area contributed by atoms with E-state index in [1.807, 2.05) is 20.8 Å². The van der Waals surface area contributed by atoms with E-state index in [-0.39, 0.29) is 29.3 Å². The highest BCUT2D eigenvalue weighted by molar-refractivity contribution is 9.10. The summed E-state index contributed by atoms with van der Waals surface area (Å²) in [5.41, 5.74) is -0.289. The minimum Gasteiger partial charge on any atom is -0.481 e. The van der Waals surface area contributed by atoms with Crippen LogP contribution in [0, 0.1) is 20.2 Å². The Labute approximate surface area is 238 Å². The molecule has 0 fully saturated rings. The van der Waals surface area contributed by atoms with Crippen LogP contribution in [0.5, 0.6) is 5.75 Å². The average Bonchev–Trinajstić information content (AvgIpc) is 2.86. The summed E-state index contributed by atoms with van der Waals surface area (Å²) in [4.78, 5) is 40.0. The first kappa shape index (κ1) is 28.0. The number of benzene rings is 3. The summed E-state index contributed by atoms with van der Waals surface area (Å²) in [7, 11) is 0. The zero-order valence-corrected chi connectivity index (χ0v) is 24.1. The third-order valence-corrected chi connectivity index (χ3v) is 6.51. The molecule has 1 aromatic heterocycles. The number of aromatic nitrogens is 2. The zero-order chi connectivity index (χ0) is 28.5. The summed E-state index contributed by atoms with van der Waals surface area (Å²) in [5.74, 6) is 0.280. The molecule has 4 rings (SSSR count). The van der Waals surface area contributed by atoms with Crippen molar-refractivity contribution in [1.82, 2.24) is 9.66 Å². The van der Waals surface area contributed by atoms with E-state index in [0.717, 1.165) is 0 Å². The van der Waals surface area contributed by atoms with E-state index in [9.17, 15) is 25.0 Å².